The van der Waals surface area contributed by atoms with E-state index < -0.39 is 0 Å². The third-order valence-corrected chi connectivity index (χ3v) is 3.22. The van der Waals surface area contributed by atoms with Crippen molar-refractivity contribution in [2.45, 2.75) is 26.4 Å². The summed E-state index contributed by atoms with van der Waals surface area (Å²) in [7, 11) is 1.71. The molecule has 0 aliphatic carbocycles. The molecule has 2 aromatic rings. The van der Waals surface area contributed by atoms with E-state index in [1.807, 2.05) is 18.3 Å². The largest absolute Gasteiger partial charge is 0.496 e. The lowest BCUT2D eigenvalue weighted by Gasteiger charge is -2.16. The molecule has 0 bridgehead atoms. The van der Waals surface area contributed by atoms with Gasteiger partial charge in [-0.2, -0.15) is 0 Å². The van der Waals surface area contributed by atoms with Crippen LogP contribution in [-0.2, 0) is 6.54 Å². The molecule has 100 valence electrons. The summed E-state index contributed by atoms with van der Waals surface area (Å²) in [6, 6.07) is 10.5. The zero-order valence-corrected chi connectivity index (χ0v) is 11.7. The Morgan fingerprint density at radius 3 is 2.84 bits per heavy atom. The average Bonchev–Trinajstić information content (AvgIpc) is 2.46. The molecule has 1 atom stereocenters. The van der Waals surface area contributed by atoms with Crippen LogP contribution in [0, 0.1) is 6.92 Å². The van der Waals surface area contributed by atoms with Gasteiger partial charge >= 0.3 is 0 Å². The van der Waals surface area contributed by atoms with E-state index in [1.165, 1.54) is 16.7 Å². The molecule has 3 nitrogen and oxygen atoms in total. The normalized spacial score (nSPS) is 12.2. The van der Waals surface area contributed by atoms with Gasteiger partial charge in [0, 0.05) is 30.5 Å². The van der Waals surface area contributed by atoms with Gasteiger partial charge in [-0.25, -0.2) is 0 Å². The average molecular weight is 256 g/mol. The molecule has 1 N–H and O–H groups in total. The van der Waals surface area contributed by atoms with E-state index in [0.717, 1.165) is 12.3 Å². The highest BCUT2D eigenvalue weighted by Gasteiger charge is 2.07. The van der Waals surface area contributed by atoms with Crippen molar-refractivity contribution in [3.63, 3.8) is 0 Å². The monoisotopic (exact) mass is 256 g/mol. The molecular weight excluding hydrogens is 236 g/mol. The Morgan fingerprint density at radius 2 is 2.16 bits per heavy atom. The standard InChI is InChI=1S/C16H20N2O/c1-12-6-7-16(19-3)15(9-12)11-18-13(2)14-5-4-8-17-10-14/h4-10,13,18H,11H2,1-3H3. The van der Waals surface area contributed by atoms with Crippen LogP contribution in [0.25, 0.3) is 0 Å². The number of hydrogen-bond acceptors (Lipinski definition) is 3. The number of rotatable bonds is 5. The van der Waals surface area contributed by atoms with Gasteiger partial charge < -0.3 is 10.1 Å². The highest BCUT2D eigenvalue weighted by atomic mass is 16.5. The number of pyridine rings is 1. The summed E-state index contributed by atoms with van der Waals surface area (Å²) in [5, 5.41) is 3.50. The highest BCUT2D eigenvalue weighted by molar-refractivity contribution is 5.36. The van der Waals surface area contributed by atoms with Crippen molar-refractivity contribution < 1.29 is 4.74 Å². The summed E-state index contributed by atoms with van der Waals surface area (Å²) in [5.74, 6) is 0.927. The number of methoxy groups -OCH3 is 1. The first-order chi connectivity index (χ1) is 9.20. The number of benzene rings is 1. The van der Waals surface area contributed by atoms with E-state index >= 15 is 0 Å². The zero-order valence-electron chi connectivity index (χ0n) is 11.7. The molecule has 0 fully saturated rings. The summed E-state index contributed by atoms with van der Waals surface area (Å²) in [5.41, 5.74) is 3.61. The van der Waals surface area contributed by atoms with Crippen LogP contribution < -0.4 is 10.1 Å². The van der Waals surface area contributed by atoms with Gasteiger partial charge in [0.1, 0.15) is 5.75 Å². The number of ether oxygens (including phenoxy) is 1. The topological polar surface area (TPSA) is 34.1 Å². The van der Waals surface area contributed by atoms with E-state index in [0.29, 0.717) is 0 Å². The third-order valence-electron chi connectivity index (χ3n) is 3.22. The predicted octanol–water partition coefficient (Wildman–Crippen LogP) is 3.25. The quantitative estimate of drug-likeness (QED) is 0.891. The van der Waals surface area contributed by atoms with Gasteiger partial charge in [-0.15, -0.1) is 0 Å². The summed E-state index contributed by atoms with van der Waals surface area (Å²) in [4.78, 5) is 4.14. The van der Waals surface area contributed by atoms with Crippen LogP contribution in [0.1, 0.15) is 29.7 Å². The Labute approximate surface area is 114 Å². The van der Waals surface area contributed by atoms with Crippen molar-refractivity contribution in [1.82, 2.24) is 10.3 Å². The van der Waals surface area contributed by atoms with Crippen molar-refractivity contribution in [2.75, 3.05) is 7.11 Å². The lowest BCUT2D eigenvalue weighted by atomic mass is 10.1. The van der Waals surface area contributed by atoms with Crippen molar-refractivity contribution in [3.05, 3.63) is 59.4 Å². The molecular formula is C16H20N2O. The lowest BCUT2D eigenvalue weighted by molar-refractivity contribution is 0.406. The van der Waals surface area contributed by atoms with Gasteiger partial charge in [0.15, 0.2) is 0 Å². The molecule has 0 aliphatic heterocycles. The minimum Gasteiger partial charge on any atom is -0.496 e. The number of aryl methyl sites for hydroxylation is 1. The summed E-state index contributed by atoms with van der Waals surface area (Å²) in [6.45, 7) is 5.01. The van der Waals surface area contributed by atoms with Crippen LogP contribution in [0.5, 0.6) is 5.75 Å². The summed E-state index contributed by atoms with van der Waals surface area (Å²) >= 11 is 0. The third kappa shape index (κ3) is 3.55. The molecule has 1 aromatic heterocycles. The predicted molar refractivity (Wildman–Crippen MR) is 77.2 cm³/mol. The minimum absolute atomic E-state index is 0.263. The van der Waals surface area contributed by atoms with Crippen LogP contribution in [0.3, 0.4) is 0 Å². The maximum atomic E-state index is 5.39. The van der Waals surface area contributed by atoms with E-state index in [2.05, 4.69) is 42.3 Å². The maximum absolute atomic E-state index is 5.39. The zero-order chi connectivity index (χ0) is 13.7. The van der Waals surface area contributed by atoms with Gasteiger partial charge in [0.25, 0.3) is 0 Å². The van der Waals surface area contributed by atoms with Crippen LogP contribution in [0.2, 0.25) is 0 Å². The van der Waals surface area contributed by atoms with E-state index in [-0.39, 0.29) is 6.04 Å². The molecule has 0 saturated carbocycles. The number of nitrogens with one attached hydrogen (secondary N) is 1. The molecule has 0 radical (unpaired) electrons. The number of hydrogen-bond donors (Lipinski definition) is 1. The van der Waals surface area contributed by atoms with Crippen molar-refractivity contribution >= 4 is 0 Å². The van der Waals surface area contributed by atoms with Gasteiger partial charge in [-0.1, -0.05) is 23.8 Å². The smallest absolute Gasteiger partial charge is 0.123 e. The minimum atomic E-state index is 0.263. The summed E-state index contributed by atoms with van der Waals surface area (Å²) < 4.78 is 5.39. The number of aromatic nitrogens is 1. The van der Waals surface area contributed by atoms with Gasteiger partial charge in [0.05, 0.1) is 7.11 Å². The Morgan fingerprint density at radius 1 is 1.32 bits per heavy atom. The first-order valence-corrected chi connectivity index (χ1v) is 6.47. The van der Waals surface area contributed by atoms with Gasteiger partial charge in [-0.3, -0.25) is 4.98 Å². The molecule has 1 unspecified atom stereocenters. The maximum Gasteiger partial charge on any atom is 0.123 e. The van der Waals surface area contributed by atoms with Crippen LogP contribution in [0.15, 0.2) is 42.7 Å². The molecule has 0 spiro atoms. The van der Waals surface area contributed by atoms with Crippen LogP contribution >= 0.6 is 0 Å². The molecule has 0 aliphatic rings. The Bertz CT molecular complexity index is 526. The Balaban J connectivity index is 2.04. The second-order valence-electron chi connectivity index (χ2n) is 4.70. The second kappa shape index (κ2) is 6.34. The van der Waals surface area contributed by atoms with E-state index in [1.54, 1.807) is 13.3 Å². The molecule has 3 heteroatoms. The first-order valence-electron chi connectivity index (χ1n) is 6.47. The van der Waals surface area contributed by atoms with Gasteiger partial charge in [-0.05, 0) is 31.5 Å². The molecule has 2 rings (SSSR count). The second-order valence-corrected chi connectivity index (χ2v) is 4.70. The molecule has 0 amide bonds. The molecule has 0 saturated heterocycles. The summed E-state index contributed by atoms with van der Waals surface area (Å²) in [6.07, 6.45) is 3.69. The Hall–Kier alpha value is -1.87. The van der Waals surface area contributed by atoms with E-state index in [9.17, 15) is 0 Å². The fourth-order valence-corrected chi connectivity index (χ4v) is 2.06. The Kier molecular flexibility index (Phi) is 4.53. The number of nitrogens with zero attached hydrogens (tertiary/aromatic N) is 1. The molecule has 1 heterocycles. The van der Waals surface area contributed by atoms with Crippen molar-refractivity contribution in [2.24, 2.45) is 0 Å². The van der Waals surface area contributed by atoms with Crippen LogP contribution in [-0.4, -0.2) is 12.1 Å². The van der Waals surface area contributed by atoms with Gasteiger partial charge in [0.2, 0.25) is 0 Å². The highest BCUT2D eigenvalue weighted by Crippen LogP contribution is 2.20. The van der Waals surface area contributed by atoms with Crippen LogP contribution in [0.4, 0.5) is 0 Å². The fourth-order valence-electron chi connectivity index (χ4n) is 2.06. The first kappa shape index (κ1) is 13.6. The fraction of sp³-hybridized carbons (Fsp3) is 0.312. The lowest BCUT2D eigenvalue weighted by Crippen LogP contribution is -2.18. The molecule has 1 aromatic carbocycles. The SMILES string of the molecule is COc1ccc(C)cc1CNC(C)c1cccnc1. The van der Waals surface area contributed by atoms with Crippen molar-refractivity contribution in [3.8, 4) is 5.75 Å². The molecule has 19 heavy (non-hydrogen) atoms. The van der Waals surface area contributed by atoms with Crippen molar-refractivity contribution in [1.29, 1.82) is 0 Å². The van der Waals surface area contributed by atoms with E-state index in [4.69, 9.17) is 4.74 Å².